The highest BCUT2D eigenvalue weighted by Gasteiger charge is 2.24. The number of morpholine rings is 1. The van der Waals surface area contributed by atoms with Gasteiger partial charge in [0.1, 0.15) is 0 Å². The number of nitrogens with zero attached hydrogens (tertiary/aromatic N) is 1. The van der Waals surface area contributed by atoms with Crippen LogP contribution < -0.4 is 11.1 Å². The number of rotatable bonds is 6. The van der Waals surface area contributed by atoms with Crippen molar-refractivity contribution < 1.29 is 9.53 Å². The topological polar surface area (TPSA) is 67.6 Å². The molecule has 0 aliphatic carbocycles. The molecule has 0 bridgehead atoms. The number of carbonyl (C=O) groups is 1. The van der Waals surface area contributed by atoms with E-state index in [9.17, 15) is 4.79 Å². The molecule has 17 heavy (non-hydrogen) atoms. The van der Waals surface area contributed by atoms with E-state index in [1.165, 1.54) is 0 Å². The summed E-state index contributed by atoms with van der Waals surface area (Å²) in [7, 11) is 0. The van der Waals surface area contributed by atoms with Crippen molar-refractivity contribution in [3.05, 3.63) is 0 Å². The molecule has 1 heterocycles. The van der Waals surface area contributed by atoms with Crippen molar-refractivity contribution in [2.24, 2.45) is 5.73 Å². The zero-order valence-corrected chi connectivity index (χ0v) is 11.2. The maximum absolute atomic E-state index is 10.9. The Morgan fingerprint density at radius 2 is 2.29 bits per heavy atom. The summed E-state index contributed by atoms with van der Waals surface area (Å²) >= 11 is 0. The van der Waals surface area contributed by atoms with Gasteiger partial charge in [-0.1, -0.05) is 6.92 Å². The van der Waals surface area contributed by atoms with Gasteiger partial charge in [-0.2, -0.15) is 0 Å². The summed E-state index contributed by atoms with van der Waals surface area (Å²) in [6.07, 6.45) is 0.549. The molecule has 1 fully saturated rings. The molecular formula is C12H25N3O2. The third-order valence-corrected chi connectivity index (χ3v) is 3.09. The van der Waals surface area contributed by atoms with E-state index in [2.05, 4.69) is 17.1 Å². The third kappa shape index (κ3) is 5.48. The predicted octanol–water partition coefficient (Wildman–Crippen LogP) is -0.0493. The number of primary amides is 1. The number of nitrogens with one attached hydrogen (secondary N) is 1. The summed E-state index contributed by atoms with van der Waals surface area (Å²) in [5.74, 6) is -0.276. The molecule has 5 heteroatoms. The molecule has 1 aliphatic heterocycles. The van der Waals surface area contributed by atoms with E-state index >= 15 is 0 Å². The minimum atomic E-state index is -0.276. The van der Waals surface area contributed by atoms with E-state index < -0.39 is 0 Å². The summed E-state index contributed by atoms with van der Waals surface area (Å²) in [6, 6.07) is 0. The molecule has 1 saturated heterocycles. The summed E-state index contributed by atoms with van der Waals surface area (Å²) in [6.45, 7) is 10.7. The molecule has 0 radical (unpaired) electrons. The predicted molar refractivity (Wildman–Crippen MR) is 67.7 cm³/mol. The third-order valence-electron chi connectivity index (χ3n) is 3.09. The van der Waals surface area contributed by atoms with Crippen LogP contribution in [0.1, 0.15) is 27.2 Å². The Bertz CT molecular complexity index is 256. The van der Waals surface area contributed by atoms with Gasteiger partial charge in [-0.3, -0.25) is 9.69 Å². The first kappa shape index (κ1) is 14.4. The second-order valence-electron chi connectivity index (χ2n) is 5.29. The van der Waals surface area contributed by atoms with Gasteiger partial charge >= 0.3 is 0 Å². The molecule has 0 aromatic heterocycles. The monoisotopic (exact) mass is 243 g/mol. The van der Waals surface area contributed by atoms with E-state index in [0.717, 1.165) is 32.8 Å². The normalized spacial score (nSPS) is 22.6. The molecule has 1 unspecified atom stereocenters. The van der Waals surface area contributed by atoms with E-state index in [0.29, 0.717) is 6.42 Å². The largest absolute Gasteiger partial charge is 0.374 e. The number of amides is 1. The molecule has 5 nitrogen and oxygen atoms in total. The van der Waals surface area contributed by atoms with Crippen LogP contribution in [0.25, 0.3) is 0 Å². The summed E-state index contributed by atoms with van der Waals surface area (Å²) in [5.41, 5.74) is 4.95. The van der Waals surface area contributed by atoms with Crippen LogP contribution in [0.2, 0.25) is 0 Å². The Morgan fingerprint density at radius 1 is 1.59 bits per heavy atom. The molecule has 0 saturated carbocycles. The van der Waals surface area contributed by atoms with Crippen LogP contribution in [0.4, 0.5) is 0 Å². The lowest BCUT2D eigenvalue weighted by atomic mass is 10.00. The van der Waals surface area contributed by atoms with Crippen LogP contribution in [-0.2, 0) is 9.53 Å². The van der Waals surface area contributed by atoms with Gasteiger partial charge in [-0.15, -0.1) is 0 Å². The second-order valence-corrected chi connectivity index (χ2v) is 5.29. The fourth-order valence-electron chi connectivity index (χ4n) is 2.08. The fraction of sp³-hybridized carbons (Fsp3) is 0.917. The van der Waals surface area contributed by atoms with Gasteiger partial charge in [0.2, 0.25) is 5.91 Å². The Hall–Kier alpha value is -0.650. The zero-order chi connectivity index (χ0) is 12.9. The first-order chi connectivity index (χ1) is 7.93. The van der Waals surface area contributed by atoms with Gasteiger partial charge in [-0.05, 0) is 20.4 Å². The number of hydrogen-bond donors (Lipinski definition) is 2. The highest BCUT2D eigenvalue weighted by Crippen LogP contribution is 2.09. The SMILES string of the molecule is CCN1CCOC(CNC(C)(C)CC(N)=O)C1. The lowest BCUT2D eigenvalue weighted by Crippen LogP contribution is -2.51. The Morgan fingerprint density at radius 3 is 2.88 bits per heavy atom. The minimum Gasteiger partial charge on any atom is -0.374 e. The quantitative estimate of drug-likeness (QED) is 0.686. The Balaban J connectivity index is 2.31. The van der Waals surface area contributed by atoms with Gasteiger partial charge in [0.05, 0.1) is 12.7 Å². The van der Waals surface area contributed by atoms with Crippen molar-refractivity contribution in [2.45, 2.75) is 38.8 Å². The highest BCUT2D eigenvalue weighted by atomic mass is 16.5. The van der Waals surface area contributed by atoms with Crippen molar-refractivity contribution in [3.8, 4) is 0 Å². The average molecular weight is 243 g/mol. The van der Waals surface area contributed by atoms with Gasteiger partial charge in [0.15, 0.2) is 0 Å². The highest BCUT2D eigenvalue weighted by molar-refractivity contribution is 5.74. The van der Waals surface area contributed by atoms with E-state index in [1.807, 2.05) is 13.8 Å². The van der Waals surface area contributed by atoms with E-state index in [4.69, 9.17) is 10.5 Å². The van der Waals surface area contributed by atoms with Crippen molar-refractivity contribution in [2.75, 3.05) is 32.8 Å². The summed E-state index contributed by atoms with van der Waals surface area (Å²) < 4.78 is 5.69. The number of likely N-dealkylation sites (N-methyl/N-ethyl adjacent to an activating group) is 1. The molecule has 1 amide bonds. The summed E-state index contributed by atoms with van der Waals surface area (Å²) in [4.78, 5) is 13.3. The maximum Gasteiger partial charge on any atom is 0.219 e. The van der Waals surface area contributed by atoms with E-state index in [-0.39, 0.29) is 17.6 Å². The lowest BCUT2D eigenvalue weighted by molar-refractivity contribution is -0.119. The van der Waals surface area contributed by atoms with Crippen LogP contribution in [0, 0.1) is 0 Å². The number of hydrogen-bond acceptors (Lipinski definition) is 4. The molecule has 0 aromatic rings. The van der Waals surface area contributed by atoms with E-state index in [1.54, 1.807) is 0 Å². The van der Waals surface area contributed by atoms with Crippen LogP contribution in [0.5, 0.6) is 0 Å². The smallest absolute Gasteiger partial charge is 0.219 e. The van der Waals surface area contributed by atoms with Gasteiger partial charge in [0.25, 0.3) is 0 Å². The molecule has 1 aliphatic rings. The van der Waals surface area contributed by atoms with Crippen molar-refractivity contribution in [3.63, 3.8) is 0 Å². The molecule has 1 atom stereocenters. The molecular weight excluding hydrogens is 218 g/mol. The first-order valence-electron chi connectivity index (χ1n) is 6.30. The number of carbonyl (C=O) groups excluding carboxylic acids is 1. The first-order valence-corrected chi connectivity index (χ1v) is 6.30. The van der Waals surface area contributed by atoms with Crippen molar-refractivity contribution in [1.29, 1.82) is 0 Å². The number of ether oxygens (including phenoxy) is 1. The molecule has 0 aromatic carbocycles. The van der Waals surface area contributed by atoms with Crippen molar-refractivity contribution >= 4 is 5.91 Å². The average Bonchev–Trinajstić information content (AvgIpc) is 2.25. The Labute approximate surface area is 104 Å². The van der Waals surface area contributed by atoms with Crippen LogP contribution >= 0.6 is 0 Å². The van der Waals surface area contributed by atoms with Crippen molar-refractivity contribution in [1.82, 2.24) is 10.2 Å². The van der Waals surface area contributed by atoms with Crippen LogP contribution in [0.3, 0.4) is 0 Å². The summed E-state index contributed by atoms with van der Waals surface area (Å²) in [5, 5.41) is 3.35. The van der Waals surface area contributed by atoms with Crippen LogP contribution in [-0.4, -0.2) is 55.2 Å². The van der Waals surface area contributed by atoms with Gasteiger partial charge in [0, 0.05) is 31.6 Å². The molecule has 1 rings (SSSR count). The minimum absolute atomic E-state index is 0.204. The molecule has 0 spiro atoms. The zero-order valence-electron chi connectivity index (χ0n) is 11.2. The van der Waals surface area contributed by atoms with Gasteiger partial charge in [-0.25, -0.2) is 0 Å². The maximum atomic E-state index is 10.9. The molecule has 3 N–H and O–H groups in total. The fourth-order valence-corrected chi connectivity index (χ4v) is 2.08. The van der Waals surface area contributed by atoms with Gasteiger partial charge < -0.3 is 15.8 Å². The second kappa shape index (κ2) is 6.33. The Kier molecular flexibility index (Phi) is 5.36. The molecule has 100 valence electrons. The standard InChI is InChI=1S/C12H25N3O2/c1-4-15-5-6-17-10(9-15)8-14-12(2,3)7-11(13)16/h10,14H,4-9H2,1-3H3,(H2,13,16). The lowest BCUT2D eigenvalue weighted by Gasteiger charge is -2.34. The van der Waals surface area contributed by atoms with Crippen LogP contribution in [0.15, 0.2) is 0 Å². The number of nitrogens with two attached hydrogens (primary N) is 1.